The Labute approximate surface area is 105 Å². The standard InChI is InChI=1S/C10H11F4N3O2/c11-8(19-10(12,13)14)9(18)17-4-2-6-1-3-16-7(15)5-6/h1,3,5,8H,2,4H2,(H2,15,16)(H,17,18). The van der Waals surface area contributed by atoms with Gasteiger partial charge in [0.15, 0.2) is 0 Å². The smallest absolute Gasteiger partial charge is 0.384 e. The van der Waals surface area contributed by atoms with Gasteiger partial charge in [0, 0.05) is 12.7 Å². The molecule has 0 aliphatic heterocycles. The average molecular weight is 281 g/mol. The van der Waals surface area contributed by atoms with Crippen molar-refractivity contribution in [3.63, 3.8) is 0 Å². The molecular weight excluding hydrogens is 270 g/mol. The van der Waals surface area contributed by atoms with Crippen LogP contribution in [0.25, 0.3) is 0 Å². The van der Waals surface area contributed by atoms with Gasteiger partial charge in [-0.1, -0.05) is 0 Å². The molecule has 0 bridgehead atoms. The molecule has 0 fully saturated rings. The molecule has 1 atom stereocenters. The fraction of sp³-hybridized carbons (Fsp3) is 0.400. The first-order valence-electron chi connectivity index (χ1n) is 5.14. The van der Waals surface area contributed by atoms with Crippen molar-refractivity contribution in [1.29, 1.82) is 0 Å². The van der Waals surface area contributed by atoms with Gasteiger partial charge in [0.25, 0.3) is 12.3 Å². The maximum absolute atomic E-state index is 12.7. The van der Waals surface area contributed by atoms with Crippen LogP contribution in [0.1, 0.15) is 5.56 Å². The van der Waals surface area contributed by atoms with Crippen molar-refractivity contribution in [3.05, 3.63) is 23.9 Å². The largest absolute Gasteiger partial charge is 0.525 e. The number of aromatic nitrogens is 1. The second-order valence-corrected chi connectivity index (χ2v) is 3.51. The van der Waals surface area contributed by atoms with Crippen molar-refractivity contribution < 1.29 is 27.1 Å². The zero-order valence-corrected chi connectivity index (χ0v) is 9.58. The lowest BCUT2D eigenvalue weighted by atomic mass is 10.2. The number of amides is 1. The van der Waals surface area contributed by atoms with Gasteiger partial charge in [0.2, 0.25) is 0 Å². The number of anilines is 1. The van der Waals surface area contributed by atoms with Crippen LogP contribution in [-0.4, -0.2) is 30.2 Å². The first-order valence-corrected chi connectivity index (χ1v) is 5.14. The summed E-state index contributed by atoms with van der Waals surface area (Å²) in [5.41, 5.74) is 6.11. The number of pyridine rings is 1. The van der Waals surface area contributed by atoms with E-state index in [0.29, 0.717) is 5.56 Å². The van der Waals surface area contributed by atoms with Crippen LogP contribution >= 0.6 is 0 Å². The first-order chi connectivity index (χ1) is 8.78. The van der Waals surface area contributed by atoms with E-state index in [-0.39, 0.29) is 18.8 Å². The lowest BCUT2D eigenvalue weighted by Crippen LogP contribution is -2.37. The number of ether oxygens (including phenoxy) is 1. The number of carbonyl (C=O) groups excluding carboxylic acids is 1. The summed E-state index contributed by atoms with van der Waals surface area (Å²) < 4.78 is 50.5. The maximum atomic E-state index is 12.7. The van der Waals surface area contributed by atoms with Crippen LogP contribution in [0.2, 0.25) is 0 Å². The average Bonchev–Trinajstić information content (AvgIpc) is 2.26. The van der Waals surface area contributed by atoms with Crippen LogP contribution in [0.5, 0.6) is 0 Å². The summed E-state index contributed by atoms with van der Waals surface area (Å²) >= 11 is 0. The number of nitrogens with zero attached hydrogens (tertiary/aromatic N) is 1. The molecule has 1 unspecified atom stereocenters. The van der Waals surface area contributed by atoms with Crippen LogP contribution in [0.4, 0.5) is 23.4 Å². The quantitative estimate of drug-likeness (QED) is 0.794. The summed E-state index contributed by atoms with van der Waals surface area (Å²) in [6.45, 7) is -0.0517. The normalized spacial score (nSPS) is 13.1. The highest BCUT2D eigenvalue weighted by Gasteiger charge is 2.36. The molecule has 0 radical (unpaired) electrons. The van der Waals surface area contributed by atoms with Gasteiger partial charge >= 0.3 is 6.36 Å². The Morgan fingerprint density at radius 3 is 2.79 bits per heavy atom. The van der Waals surface area contributed by atoms with Crippen molar-refractivity contribution in [2.75, 3.05) is 12.3 Å². The number of hydrogen-bond donors (Lipinski definition) is 2. The fourth-order valence-electron chi connectivity index (χ4n) is 1.23. The molecule has 1 aromatic rings. The predicted molar refractivity (Wildman–Crippen MR) is 57.4 cm³/mol. The highest BCUT2D eigenvalue weighted by atomic mass is 19.4. The molecule has 0 aliphatic carbocycles. The Hall–Kier alpha value is -1.90. The van der Waals surface area contributed by atoms with Gasteiger partial charge in [-0.3, -0.25) is 4.79 Å². The van der Waals surface area contributed by atoms with Gasteiger partial charge in [-0.05, 0) is 24.1 Å². The number of hydrogen-bond acceptors (Lipinski definition) is 4. The Morgan fingerprint density at radius 2 is 2.21 bits per heavy atom. The summed E-state index contributed by atoms with van der Waals surface area (Å²) in [6, 6.07) is 3.15. The van der Waals surface area contributed by atoms with Crippen molar-refractivity contribution in [1.82, 2.24) is 10.3 Å². The third kappa shape index (κ3) is 6.00. The number of carbonyl (C=O) groups is 1. The molecule has 0 saturated heterocycles. The fourth-order valence-corrected chi connectivity index (χ4v) is 1.23. The Balaban J connectivity index is 2.35. The van der Waals surface area contributed by atoms with E-state index in [0.717, 1.165) is 0 Å². The van der Waals surface area contributed by atoms with Crippen LogP contribution in [0, 0.1) is 0 Å². The molecular formula is C10H11F4N3O2. The van der Waals surface area contributed by atoms with E-state index in [1.54, 1.807) is 6.07 Å². The molecule has 1 aromatic heterocycles. The Kier molecular flexibility index (Phi) is 5.04. The minimum Gasteiger partial charge on any atom is -0.384 e. The lowest BCUT2D eigenvalue weighted by Gasteiger charge is -2.12. The second-order valence-electron chi connectivity index (χ2n) is 3.51. The van der Waals surface area contributed by atoms with E-state index in [1.165, 1.54) is 12.3 Å². The van der Waals surface area contributed by atoms with E-state index < -0.39 is 18.6 Å². The van der Waals surface area contributed by atoms with E-state index in [4.69, 9.17) is 5.73 Å². The molecule has 3 N–H and O–H groups in total. The molecule has 1 heterocycles. The second kappa shape index (κ2) is 6.32. The number of nitrogens with two attached hydrogens (primary N) is 1. The summed E-state index contributed by atoms with van der Waals surface area (Å²) in [5.74, 6) is -1.22. The van der Waals surface area contributed by atoms with Gasteiger partial charge in [-0.25, -0.2) is 14.1 Å². The number of rotatable bonds is 5. The number of alkyl halides is 4. The number of nitrogens with one attached hydrogen (secondary N) is 1. The minimum atomic E-state index is -5.20. The SMILES string of the molecule is Nc1cc(CCNC(=O)C(F)OC(F)(F)F)ccn1. The molecule has 0 spiro atoms. The zero-order valence-electron chi connectivity index (χ0n) is 9.58. The van der Waals surface area contributed by atoms with E-state index in [2.05, 4.69) is 9.72 Å². The molecule has 0 aromatic carbocycles. The van der Waals surface area contributed by atoms with Crippen LogP contribution < -0.4 is 11.1 Å². The van der Waals surface area contributed by atoms with Crippen molar-refractivity contribution in [2.24, 2.45) is 0 Å². The molecule has 1 rings (SSSR count). The molecule has 106 valence electrons. The molecule has 9 heteroatoms. The van der Waals surface area contributed by atoms with E-state index in [1.807, 2.05) is 5.32 Å². The van der Waals surface area contributed by atoms with Crippen molar-refractivity contribution in [3.8, 4) is 0 Å². The predicted octanol–water partition coefficient (Wildman–Crippen LogP) is 1.15. The third-order valence-corrected chi connectivity index (χ3v) is 2.00. The molecule has 5 nitrogen and oxygen atoms in total. The van der Waals surface area contributed by atoms with Gasteiger partial charge in [0.1, 0.15) is 5.82 Å². The topological polar surface area (TPSA) is 77.2 Å². The van der Waals surface area contributed by atoms with E-state index in [9.17, 15) is 22.4 Å². The van der Waals surface area contributed by atoms with Crippen molar-refractivity contribution in [2.45, 2.75) is 19.1 Å². The van der Waals surface area contributed by atoms with Crippen LogP contribution in [0.3, 0.4) is 0 Å². The van der Waals surface area contributed by atoms with Gasteiger partial charge in [-0.15, -0.1) is 13.2 Å². The third-order valence-electron chi connectivity index (χ3n) is 2.00. The van der Waals surface area contributed by atoms with Crippen LogP contribution in [0.15, 0.2) is 18.3 Å². The molecule has 1 amide bonds. The van der Waals surface area contributed by atoms with Gasteiger partial charge < -0.3 is 11.1 Å². The van der Waals surface area contributed by atoms with Crippen LogP contribution in [-0.2, 0) is 16.0 Å². The highest BCUT2D eigenvalue weighted by molar-refractivity contribution is 5.79. The minimum absolute atomic E-state index is 0.0517. The van der Waals surface area contributed by atoms with Gasteiger partial charge in [0.05, 0.1) is 0 Å². The Bertz CT molecular complexity index is 439. The zero-order chi connectivity index (χ0) is 14.5. The summed E-state index contributed by atoms with van der Waals surface area (Å²) in [5, 5.41) is 1.97. The molecule has 19 heavy (non-hydrogen) atoms. The highest BCUT2D eigenvalue weighted by Crippen LogP contribution is 2.19. The van der Waals surface area contributed by atoms with E-state index >= 15 is 0 Å². The number of nitrogen functional groups attached to an aromatic ring is 1. The summed E-state index contributed by atoms with van der Waals surface area (Å²) in [4.78, 5) is 14.7. The van der Waals surface area contributed by atoms with Gasteiger partial charge in [-0.2, -0.15) is 0 Å². The maximum Gasteiger partial charge on any atom is 0.525 e. The number of halogens is 4. The molecule has 0 saturated carbocycles. The summed E-state index contributed by atoms with van der Waals surface area (Å²) in [6.07, 6.45) is -6.56. The monoisotopic (exact) mass is 281 g/mol. The van der Waals surface area contributed by atoms with Crippen molar-refractivity contribution >= 4 is 11.7 Å². The molecule has 0 aliphatic rings. The first kappa shape index (κ1) is 15.2. The lowest BCUT2D eigenvalue weighted by molar-refractivity contribution is -0.353. The summed E-state index contributed by atoms with van der Waals surface area (Å²) in [7, 11) is 0. The Morgan fingerprint density at radius 1 is 1.53 bits per heavy atom.